The van der Waals surface area contributed by atoms with Crippen molar-refractivity contribution in [1.82, 2.24) is 14.9 Å². The second-order valence-electron chi connectivity index (χ2n) is 4.69. The lowest BCUT2D eigenvalue weighted by molar-refractivity contribution is 0.626. The van der Waals surface area contributed by atoms with E-state index in [0.717, 1.165) is 27.7 Å². The quantitative estimate of drug-likeness (QED) is 0.905. The van der Waals surface area contributed by atoms with E-state index in [-0.39, 0.29) is 6.04 Å². The minimum Gasteiger partial charge on any atom is -0.306 e. The minimum absolute atomic E-state index is 0.0658. The van der Waals surface area contributed by atoms with E-state index in [2.05, 4.69) is 41.7 Å². The highest BCUT2D eigenvalue weighted by Gasteiger charge is 2.23. The maximum Gasteiger partial charge on any atom is 0.0832 e. The summed E-state index contributed by atoms with van der Waals surface area (Å²) in [5, 5.41) is 8.52. The van der Waals surface area contributed by atoms with Crippen molar-refractivity contribution >= 4 is 23.1 Å². The molecule has 2 aromatic rings. The molecule has 0 aliphatic rings. The second kappa shape index (κ2) is 6.46. The van der Waals surface area contributed by atoms with Crippen LogP contribution in [0, 0.1) is 0 Å². The zero-order valence-electron chi connectivity index (χ0n) is 11.4. The van der Waals surface area contributed by atoms with E-state index in [0.29, 0.717) is 5.92 Å². The third kappa shape index (κ3) is 3.14. The summed E-state index contributed by atoms with van der Waals surface area (Å²) in [7, 11) is 0. The van der Waals surface area contributed by atoms with E-state index in [1.54, 1.807) is 0 Å². The lowest BCUT2D eigenvalue weighted by Gasteiger charge is -2.19. The van der Waals surface area contributed by atoms with Crippen LogP contribution in [0.5, 0.6) is 0 Å². The molecule has 2 rings (SSSR count). The van der Waals surface area contributed by atoms with E-state index < -0.39 is 0 Å². The summed E-state index contributed by atoms with van der Waals surface area (Å²) >= 11 is 7.77. The maximum absolute atomic E-state index is 6.33. The molecule has 0 fully saturated rings. The SMILES string of the molecule is CCNC(c1ccccc1Cl)c1snnc1C(C)C. The number of hydrogen-bond acceptors (Lipinski definition) is 4. The van der Waals surface area contributed by atoms with Crippen molar-refractivity contribution in [2.24, 2.45) is 0 Å². The minimum atomic E-state index is 0.0658. The molecule has 1 heterocycles. The molecule has 0 spiro atoms. The molecule has 1 atom stereocenters. The van der Waals surface area contributed by atoms with Gasteiger partial charge in [-0.05, 0) is 35.6 Å². The van der Waals surface area contributed by atoms with Crippen molar-refractivity contribution in [3.63, 3.8) is 0 Å². The van der Waals surface area contributed by atoms with E-state index in [1.807, 2.05) is 18.2 Å². The fourth-order valence-electron chi connectivity index (χ4n) is 2.06. The van der Waals surface area contributed by atoms with Gasteiger partial charge in [0.25, 0.3) is 0 Å². The Kier molecular flexibility index (Phi) is 4.91. The van der Waals surface area contributed by atoms with Gasteiger partial charge in [-0.1, -0.05) is 55.1 Å². The number of benzene rings is 1. The van der Waals surface area contributed by atoms with Gasteiger partial charge < -0.3 is 5.32 Å². The highest BCUT2D eigenvalue weighted by Crippen LogP contribution is 2.33. The molecule has 0 amide bonds. The van der Waals surface area contributed by atoms with Crippen molar-refractivity contribution in [3.05, 3.63) is 45.4 Å². The number of nitrogens with zero attached hydrogens (tertiary/aromatic N) is 2. The summed E-state index contributed by atoms with van der Waals surface area (Å²) in [6, 6.07) is 8.00. The van der Waals surface area contributed by atoms with Gasteiger partial charge in [-0.3, -0.25) is 0 Å². The summed E-state index contributed by atoms with van der Waals surface area (Å²) < 4.78 is 4.11. The first kappa shape index (κ1) is 14.4. The Balaban J connectivity index is 2.46. The molecule has 0 radical (unpaired) electrons. The van der Waals surface area contributed by atoms with Gasteiger partial charge in [-0.2, -0.15) is 0 Å². The average molecular weight is 296 g/mol. The van der Waals surface area contributed by atoms with E-state index in [1.165, 1.54) is 11.5 Å². The Morgan fingerprint density at radius 3 is 2.68 bits per heavy atom. The molecule has 19 heavy (non-hydrogen) atoms. The van der Waals surface area contributed by atoms with Gasteiger partial charge >= 0.3 is 0 Å². The standard InChI is InChI=1S/C14H18ClN3S/c1-4-16-13(10-7-5-6-8-11(10)15)14-12(9(2)3)17-18-19-14/h5-9,13,16H,4H2,1-3H3. The molecule has 0 saturated carbocycles. The molecule has 1 unspecified atom stereocenters. The highest BCUT2D eigenvalue weighted by molar-refractivity contribution is 7.05. The van der Waals surface area contributed by atoms with Crippen LogP contribution in [0.1, 0.15) is 48.9 Å². The predicted molar refractivity (Wildman–Crippen MR) is 81.0 cm³/mol. The van der Waals surface area contributed by atoms with Crippen molar-refractivity contribution < 1.29 is 0 Å². The molecule has 1 aromatic heterocycles. The third-order valence-corrected chi connectivity index (χ3v) is 4.12. The molecular formula is C14H18ClN3S. The number of rotatable bonds is 5. The molecule has 0 saturated heterocycles. The smallest absolute Gasteiger partial charge is 0.0832 e. The van der Waals surface area contributed by atoms with E-state index in [4.69, 9.17) is 11.6 Å². The van der Waals surface area contributed by atoms with Crippen molar-refractivity contribution in [1.29, 1.82) is 0 Å². The topological polar surface area (TPSA) is 37.8 Å². The van der Waals surface area contributed by atoms with Gasteiger partial charge in [-0.15, -0.1) is 5.10 Å². The number of hydrogen-bond donors (Lipinski definition) is 1. The lowest BCUT2D eigenvalue weighted by atomic mass is 10.00. The van der Waals surface area contributed by atoms with Crippen LogP contribution in [-0.2, 0) is 0 Å². The molecule has 0 aliphatic carbocycles. The predicted octanol–water partition coefficient (Wildman–Crippen LogP) is 4.01. The molecule has 3 nitrogen and oxygen atoms in total. The van der Waals surface area contributed by atoms with Crippen LogP contribution in [0.25, 0.3) is 0 Å². The number of aromatic nitrogens is 2. The summed E-state index contributed by atoms with van der Waals surface area (Å²) in [4.78, 5) is 1.16. The van der Waals surface area contributed by atoms with Crippen LogP contribution in [-0.4, -0.2) is 16.1 Å². The van der Waals surface area contributed by atoms with Gasteiger partial charge in [0, 0.05) is 5.02 Å². The molecule has 1 aromatic carbocycles. The largest absolute Gasteiger partial charge is 0.306 e. The Morgan fingerprint density at radius 2 is 2.05 bits per heavy atom. The Hall–Kier alpha value is -0.970. The molecule has 102 valence electrons. The van der Waals surface area contributed by atoms with Gasteiger partial charge in [0.15, 0.2) is 0 Å². The first-order chi connectivity index (χ1) is 9.15. The van der Waals surface area contributed by atoms with Gasteiger partial charge in [0.2, 0.25) is 0 Å². The van der Waals surface area contributed by atoms with E-state index >= 15 is 0 Å². The van der Waals surface area contributed by atoms with Crippen LogP contribution in [0.2, 0.25) is 5.02 Å². The van der Waals surface area contributed by atoms with Crippen LogP contribution < -0.4 is 5.32 Å². The van der Waals surface area contributed by atoms with Gasteiger partial charge in [-0.25, -0.2) is 0 Å². The van der Waals surface area contributed by atoms with E-state index in [9.17, 15) is 0 Å². The van der Waals surface area contributed by atoms with Crippen LogP contribution in [0.4, 0.5) is 0 Å². The fourth-order valence-corrected chi connectivity index (χ4v) is 3.21. The third-order valence-electron chi connectivity index (χ3n) is 2.97. The maximum atomic E-state index is 6.33. The van der Waals surface area contributed by atoms with Crippen molar-refractivity contribution in [3.8, 4) is 0 Å². The Labute approximate surface area is 123 Å². The molecule has 0 bridgehead atoms. The molecular weight excluding hydrogens is 278 g/mol. The number of halogens is 1. The molecule has 0 aliphatic heterocycles. The van der Waals surface area contributed by atoms with Crippen LogP contribution >= 0.6 is 23.1 Å². The fraction of sp³-hybridized carbons (Fsp3) is 0.429. The van der Waals surface area contributed by atoms with Crippen molar-refractivity contribution in [2.75, 3.05) is 6.54 Å². The zero-order valence-corrected chi connectivity index (χ0v) is 12.9. The first-order valence-corrected chi connectivity index (χ1v) is 7.60. The summed E-state index contributed by atoms with van der Waals surface area (Å²) in [5.41, 5.74) is 2.13. The monoisotopic (exact) mass is 295 g/mol. The van der Waals surface area contributed by atoms with Gasteiger partial charge in [0.05, 0.1) is 16.6 Å². The zero-order chi connectivity index (χ0) is 13.8. The normalized spacial score (nSPS) is 12.9. The number of nitrogens with one attached hydrogen (secondary N) is 1. The second-order valence-corrected chi connectivity index (χ2v) is 5.88. The first-order valence-electron chi connectivity index (χ1n) is 6.45. The Morgan fingerprint density at radius 1 is 1.32 bits per heavy atom. The molecule has 5 heteroatoms. The summed E-state index contributed by atoms with van der Waals surface area (Å²) in [6.45, 7) is 7.23. The molecule has 1 N–H and O–H groups in total. The van der Waals surface area contributed by atoms with Crippen molar-refractivity contribution in [2.45, 2.75) is 32.7 Å². The highest BCUT2D eigenvalue weighted by atomic mass is 35.5. The average Bonchev–Trinajstić information content (AvgIpc) is 2.86. The Bertz CT molecular complexity index is 539. The van der Waals surface area contributed by atoms with Crippen LogP contribution in [0.3, 0.4) is 0 Å². The summed E-state index contributed by atoms with van der Waals surface area (Å²) in [5.74, 6) is 0.359. The summed E-state index contributed by atoms with van der Waals surface area (Å²) in [6.07, 6.45) is 0. The van der Waals surface area contributed by atoms with Crippen LogP contribution in [0.15, 0.2) is 24.3 Å². The lowest BCUT2D eigenvalue weighted by Crippen LogP contribution is -2.22. The van der Waals surface area contributed by atoms with Gasteiger partial charge in [0.1, 0.15) is 0 Å².